The van der Waals surface area contributed by atoms with Crippen LogP contribution in [0.2, 0.25) is 5.02 Å². The Morgan fingerprint density at radius 2 is 1.70 bits per heavy atom. The zero-order valence-corrected chi connectivity index (χ0v) is 15.4. The Hall–Kier alpha value is -2.67. The van der Waals surface area contributed by atoms with Gasteiger partial charge in [0.15, 0.2) is 6.10 Å². The van der Waals surface area contributed by atoms with Crippen molar-refractivity contribution in [3.05, 3.63) is 41.4 Å². The van der Waals surface area contributed by atoms with Gasteiger partial charge in [0.1, 0.15) is 6.54 Å². The van der Waals surface area contributed by atoms with Crippen LogP contribution in [0.1, 0.15) is 19.8 Å². The lowest BCUT2D eigenvalue weighted by atomic mass is 9.85. The number of likely N-dealkylation sites (tertiary alicyclic amines) is 1. The van der Waals surface area contributed by atoms with Crippen molar-refractivity contribution in [2.45, 2.75) is 25.9 Å². The van der Waals surface area contributed by atoms with Gasteiger partial charge < -0.3 is 10.1 Å². The third-order valence-corrected chi connectivity index (χ3v) is 4.93. The molecule has 2 aliphatic rings. The summed E-state index contributed by atoms with van der Waals surface area (Å²) in [5.41, 5.74) is 0.508. The fourth-order valence-electron chi connectivity index (χ4n) is 3.22. The molecule has 3 amide bonds. The number of fused-ring (bicyclic) bond motifs is 1. The summed E-state index contributed by atoms with van der Waals surface area (Å²) in [6.07, 6.45) is 3.67. The van der Waals surface area contributed by atoms with Crippen molar-refractivity contribution in [2.75, 3.05) is 11.9 Å². The summed E-state index contributed by atoms with van der Waals surface area (Å²) in [7, 11) is 0. The molecule has 3 atom stereocenters. The van der Waals surface area contributed by atoms with Gasteiger partial charge in [-0.15, -0.1) is 0 Å². The number of carbonyl (C=O) groups excluding carboxylic acids is 4. The van der Waals surface area contributed by atoms with E-state index in [9.17, 15) is 19.2 Å². The highest BCUT2D eigenvalue weighted by molar-refractivity contribution is 6.30. The Balaban J connectivity index is 1.54. The predicted molar refractivity (Wildman–Crippen MR) is 97.7 cm³/mol. The van der Waals surface area contributed by atoms with Gasteiger partial charge in [0.2, 0.25) is 11.8 Å². The van der Waals surface area contributed by atoms with Crippen molar-refractivity contribution in [3.8, 4) is 0 Å². The summed E-state index contributed by atoms with van der Waals surface area (Å²) >= 11 is 5.78. The molecular weight excluding hydrogens is 372 g/mol. The first-order chi connectivity index (χ1) is 12.9. The van der Waals surface area contributed by atoms with Gasteiger partial charge >= 0.3 is 5.97 Å². The van der Waals surface area contributed by atoms with E-state index < -0.39 is 36.4 Å². The SMILES string of the molecule is C[C@H](OC(=O)CN1C(=O)[C@H]2CC=CC[C@@H]2C1=O)C(=O)Nc1ccc(Cl)cc1. The van der Waals surface area contributed by atoms with E-state index in [0.717, 1.165) is 4.90 Å². The minimum Gasteiger partial charge on any atom is -0.451 e. The number of carbonyl (C=O) groups is 4. The minimum atomic E-state index is -1.08. The van der Waals surface area contributed by atoms with Crippen molar-refractivity contribution in [3.63, 3.8) is 0 Å². The molecule has 1 aromatic carbocycles. The summed E-state index contributed by atoms with van der Waals surface area (Å²) in [6.45, 7) is 0.934. The molecule has 27 heavy (non-hydrogen) atoms. The Morgan fingerprint density at radius 1 is 1.15 bits per heavy atom. The van der Waals surface area contributed by atoms with Crippen molar-refractivity contribution >= 4 is 41.0 Å². The molecule has 0 bridgehead atoms. The summed E-state index contributed by atoms with van der Waals surface area (Å²) < 4.78 is 5.08. The van der Waals surface area contributed by atoms with Gasteiger partial charge in [-0.25, -0.2) is 0 Å². The second-order valence-corrected chi connectivity index (χ2v) is 6.98. The van der Waals surface area contributed by atoms with Crippen LogP contribution in [0.25, 0.3) is 0 Å². The largest absolute Gasteiger partial charge is 0.451 e. The van der Waals surface area contributed by atoms with Crippen LogP contribution in [0, 0.1) is 11.8 Å². The molecule has 0 unspecified atom stereocenters. The summed E-state index contributed by atoms with van der Waals surface area (Å²) in [5, 5.41) is 3.13. The lowest BCUT2D eigenvalue weighted by Gasteiger charge is -2.17. The molecule has 1 aliphatic heterocycles. The van der Waals surface area contributed by atoms with Crippen LogP contribution in [0.15, 0.2) is 36.4 Å². The molecule has 3 rings (SSSR count). The maximum absolute atomic E-state index is 12.3. The Morgan fingerprint density at radius 3 is 2.26 bits per heavy atom. The first-order valence-corrected chi connectivity index (χ1v) is 9.00. The summed E-state index contributed by atoms with van der Waals surface area (Å²) in [6, 6.07) is 6.47. The topological polar surface area (TPSA) is 92.8 Å². The number of hydrogen-bond donors (Lipinski definition) is 1. The van der Waals surface area contributed by atoms with Gasteiger partial charge in [-0.05, 0) is 44.0 Å². The number of anilines is 1. The highest BCUT2D eigenvalue weighted by Crippen LogP contribution is 2.34. The number of nitrogens with zero attached hydrogens (tertiary/aromatic N) is 1. The van der Waals surface area contributed by atoms with Crippen LogP contribution in [0.3, 0.4) is 0 Å². The first kappa shape index (κ1) is 19.1. The molecule has 1 aromatic rings. The van der Waals surface area contributed by atoms with E-state index in [2.05, 4.69) is 5.32 Å². The molecule has 1 saturated heterocycles. The quantitative estimate of drug-likeness (QED) is 0.472. The van der Waals surface area contributed by atoms with Crippen LogP contribution >= 0.6 is 11.6 Å². The van der Waals surface area contributed by atoms with Crippen LogP contribution in [-0.4, -0.2) is 41.2 Å². The van der Waals surface area contributed by atoms with E-state index in [4.69, 9.17) is 16.3 Å². The Kier molecular flexibility index (Phi) is 5.60. The molecular formula is C19H19ClN2O5. The second kappa shape index (κ2) is 7.92. The molecule has 0 spiro atoms. The second-order valence-electron chi connectivity index (χ2n) is 6.55. The highest BCUT2D eigenvalue weighted by atomic mass is 35.5. The number of amides is 3. The number of benzene rings is 1. The average Bonchev–Trinajstić information content (AvgIpc) is 2.89. The lowest BCUT2D eigenvalue weighted by Crippen LogP contribution is -2.39. The first-order valence-electron chi connectivity index (χ1n) is 8.63. The van der Waals surface area contributed by atoms with Crippen LogP contribution in [0.4, 0.5) is 5.69 Å². The number of allylic oxidation sites excluding steroid dienone is 2. The maximum atomic E-state index is 12.3. The Labute approximate surface area is 161 Å². The molecule has 1 heterocycles. The van der Waals surface area contributed by atoms with E-state index in [1.807, 2.05) is 12.2 Å². The van der Waals surface area contributed by atoms with E-state index >= 15 is 0 Å². The van der Waals surface area contributed by atoms with Crippen LogP contribution in [0.5, 0.6) is 0 Å². The third kappa shape index (κ3) is 4.19. The number of ether oxygens (including phenoxy) is 1. The summed E-state index contributed by atoms with van der Waals surface area (Å²) in [4.78, 5) is 49.9. The Bertz CT molecular complexity index is 779. The van der Waals surface area contributed by atoms with Gasteiger partial charge in [0.05, 0.1) is 11.8 Å². The predicted octanol–water partition coefficient (Wildman–Crippen LogP) is 2.16. The van der Waals surface area contributed by atoms with Gasteiger partial charge in [-0.3, -0.25) is 24.1 Å². The number of hydrogen-bond acceptors (Lipinski definition) is 5. The number of rotatable bonds is 5. The van der Waals surface area contributed by atoms with E-state index in [1.54, 1.807) is 24.3 Å². The molecule has 1 fully saturated rings. The van der Waals surface area contributed by atoms with E-state index in [1.165, 1.54) is 6.92 Å². The molecule has 0 saturated carbocycles. The smallest absolute Gasteiger partial charge is 0.326 e. The molecule has 1 aliphatic carbocycles. The van der Waals surface area contributed by atoms with Gasteiger partial charge in [-0.1, -0.05) is 23.8 Å². The van der Waals surface area contributed by atoms with Gasteiger partial charge in [-0.2, -0.15) is 0 Å². The fourth-order valence-corrected chi connectivity index (χ4v) is 3.34. The highest BCUT2D eigenvalue weighted by Gasteiger charge is 2.47. The molecule has 1 N–H and O–H groups in total. The third-order valence-electron chi connectivity index (χ3n) is 4.68. The van der Waals surface area contributed by atoms with E-state index in [0.29, 0.717) is 23.6 Å². The molecule has 0 aromatic heterocycles. The zero-order chi connectivity index (χ0) is 19.6. The molecule has 0 radical (unpaired) electrons. The number of nitrogens with one attached hydrogen (secondary N) is 1. The monoisotopic (exact) mass is 390 g/mol. The number of halogens is 1. The maximum Gasteiger partial charge on any atom is 0.326 e. The van der Waals surface area contributed by atoms with Crippen molar-refractivity contribution in [1.82, 2.24) is 4.90 Å². The molecule has 7 nitrogen and oxygen atoms in total. The van der Waals surface area contributed by atoms with Crippen LogP contribution < -0.4 is 5.32 Å². The standard InChI is InChI=1S/C19H19ClN2O5/c1-11(17(24)21-13-8-6-12(20)7-9-13)27-16(23)10-22-18(25)14-4-2-3-5-15(14)19(22)26/h2-3,6-9,11,14-15H,4-5,10H2,1H3,(H,21,24)/t11-,14-,15-/m0/s1. The van der Waals surface area contributed by atoms with E-state index in [-0.39, 0.29) is 11.8 Å². The lowest BCUT2D eigenvalue weighted by molar-refractivity contribution is -0.158. The van der Waals surface area contributed by atoms with Crippen molar-refractivity contribution < 1.29 is 23.9 Å². The van der Waals surface area contributed by atoms with Crippen LogP contribution in [-0.2, 0) is 23.9 Å². The summed E-state index contributed by atoms with van der Waals surface area (Å²) in [5.74, 6) is -2.85. The van der Waals surface area contributed by atoms with Gasteiger partial charge in [0.25, 0.3) is 5.91 Å². The molecule has 8 heteroatoms. The average molecular weight is 391 g/mol. The van der Waals surface area contributed by atoms with Gasteiger partial charge in [0, 0.05) is 10.7 Å². The van der Waals surface area contributed by atoms with Crippen molar-refractivity contribution in [1.29, 1.82) is 0 Å². The molecule has 142 valence electrons. The normalized spacial score (nSPS) is 22.4. The minimum absolute atomic E-state index is 0.357. The number of imide groups is 1. The fraction of sp³-hybridized carbons (Fsp3) is 0.368. The van der Waals surface area contributed by atoms with Crippen molar-refractivity contribution in [2.24, 2.45) is 11.8 Å². The number of esters is 1. The zero-order valence-electron chi connectivity index (χ0n) is 14.7.